The van der Waals surface area contributed by atoms with Crippen molar-refractivity contribution in [3.8, 4) is 0 Å². The third-order valence-electron chi connectivity index (χ3n) is 2.63. The van der Waals surface area contributed by atoms with Crippen LogP contribution in [-0.4, -0.2) is 58.9 Å². The molecule has 1 aromatic rings. The fourth-order valence-corrected chi connectivity index (χ4v) is 2.91. The van der Waals surface area contributed by atoms with Crippen molar-refractivity contribution in [2.75, 3.05) is 12.3 Å². The van der Waals surface area contributed by atoms with Crippen molar-refractivity contribution < 1.29 is 23.1 Å². The van der Waals surface area contributed by atoms with Gasteiger partial charge in [0.2, 0.25) is 0 Å². The van der Waals surface area contributed by atoms with Crippen LogP contribution in [0.15, 0.2) is 17.7 Å². The number of rotatable bonds is 5. The molecule has 0 aliphatic carbocycles. The van der Waals surface area contributed by atoms with E-state index in [0.717, 1.165) is 5.41 Å². The first kappa shape index (κ1) is 15.0. The van der Waals surface area contributed by atoms with Gasteiger partial charge in [-0.2, -0.15) is 0 Å². The van der Waals surface area contributed by atoms with E-state index in [-0.39, 0.29) is 24.5 Å². The third-order valence-corrected chi connectivity index (χ3v) is 4.03. The van der Waals surface area contributed by atoms with Crippen LogP contribution in [0, 0.1) is 0 Å². The molecule has 1 aliphatic rings. The summed E-state index contributed by atoms with van der Waals surface area (Å²) in [5, 5.41) is 21.7. The lowest BCUT2D eigenvalue weighted by Crippen LogP contribution is -2.43. The number of nitrogens with zero attached hydrogens (tertiary/aromatic N) is 3. The predicted molar refractivity (Wildman–Crippen MR) is 70.2 cm³/mol. The summed E-state index contributed by atoms with van der Waals surface area (Å²) >= 11 is 0. The summed E-state index contributed by atoms with van der Waals surface area (Å²) < 4.78 is 23.6. The van der Waals surface area contributed by atoms with Gasteiger partial charge in [-0.05, 0) is 6.08 Å². The van der Waals surface area contributed by atoms with Crippen molar-refractivity contribution in [3.05, 3.63) is 23.4 Å². The number of nitrogens with one attached hydrogen (secondary N) is 2. The van der Waals surface area contributed by atoms with E-state index in [9.17, 15) is 18.0 Å². The lowest BCUT2D eigenvalue weighted by molar-refractivity contribution is 0.0690. The van der Waals surface area contributed by atoms with Crippen LogP contribution in [0.5, 0.6) is 0 Å². The Hall–Kier alpha value is -2.43. The molecule has 2 heterocycles. The minimum absolute atomic E-state index is 0.147. The monoisotopic (exact) mass is 315 g/mol. The zero-order chi connectivity index (χ0) is 15.5. The van der Waals surface area contributed by atoms with Gasteiger partial charge in [0.05, 0.1) is 24.5 Å². The second-order valence-electron chi connectivity index (χ2n) is 4.34. The van der Waals surface area contributed by atoms with Crippen molar-refractivity contribution in [2.24, 2.45) is 0 Å². The standard InChI is InChI=1S/C10H13N5O5S/c16-9(17)8-5-15(14-13-8)3-2-11-10(18)12-7-1-4-21(19,20)6-7/h1,4-5,7H,2-3,6H2,(H,16,17)(H2,11,12,18). The zero-order valence-corrected chi connectivity index (χ0v) is 11.6. The van der Waals surface area contributed by atoms with Crippen LogP contribution in [0.3, 0.4) is 0 Å². The number of amides is 2. The molecule has 0 saturated heterocycles. The molecule has 1 aromatic heterocycles. The van der Waals surface area contributed by atoms with Gasteiger partial charge >= 0.3 is 12.0 Å². The zero-order valence-electron chi connectivity index (χ0n) is 10.8. The Kier molecular flexibility index (Phi) is 4.21. The molecule has 3 N–H and O–H groups in total. The number of carbonyl (C=O) groups is 2. The molecule has 0 radical (unpaired) electrons. The second-order valence-corrected chi connectivity index (χ2v) is 6.27. The van der Waals surface area contributed by atoms with Crippen molar-refractivity contribution in [2.45, 2.75) is 12.6 Å². The van der Waals surface area contributed by atoms with Crippen LogP contribution in [0.25, 0.3) is 0 Å². The second kappa shape index (κ2) is 5.91. The first-order valence-electron chi connectivity index (χ1n) is 5.94. The quantitative estimate of drug-likeness (QED) is 0.605. The Bertz CT molecular complexity index is 680. The summed E-state index contributed by atoms with van der Waals surface area (Å²) in [6, 6.07) is -1.06. The summed E-state index contributed by atoms with van der Waals surface area (Å²) in [4.78, 5) is 22.1. The van der Waals surface area contributed by atoms with E-state index in [1.807, 2.05) is 0 Å². The van der Waals surface area contributed by atoms with E-state index < -0.39 is 27.9 Å². The third kappa shape index (κ3) is 4.27. The van der Waals surface area contributed by atoms with Crippen LogP contribution >= 0.6 is 0 Å². The summed E-state index contributed by atoms with van der Waals surface area (Å²) in [7, 11) is -3.21. The fraction of sp³-hybridized carbons (Fsp3) is 0.400. The highest BCUT2D eigenvalue weighted by Crippen LogP contribution is 2.07. The molecule has 0 aromatic carbocycles. The highest BCUT2D eigenvalue weighted by molar-refractivity contribution is 7.94. The number of carboxylic acid groups (broad SMARTS) is 1. The van der Waals surface area contributed by atoms with Crippen molar-refractivity contribution in [3.63, 3.8) is 0 Å². The van der Waals surface area contributed by atoms with Gasteiger partial charge in [-0.15, -0.1) is 5.10 Å². The van der Waals surface area contributed by atoms with Crippen LogP contribution in [0.2, 0.25) is 0 Å². The van der Waals surface area contributed by atoms with Crippen LogP contribution in [-0.2, 0) is 16.4 Å². The smallest absolute Gasteiger partial charge is 0.358 e. The Morgan fingerprint density at radius 3 is 2.81 bits per heavy atom. The molecule has 0 spiro atoms. The average Bonchev–Trinajstić information content (AvgIpc) is 2.96. The predicted octanol–water partition coefficient (Wildman–Crippen LogP) is -1.41. The molecule has 114 valence electrons. The molecule has 11 heteroatoms. The van der Waals surface area contributed by atoms with Gasteiger partial charge in [0, 0.05) is 12.0 Å². The largest absolute Gasteiger partial charge is 0.476 e. The SMILES string of the molecule is O=C(NCCn1cc(C(=O)O)nn1)NC1C=CS(=O)(=O)C1. The van der Waals surface area contributed by atoms with Gasteiger partial charge in [0.1, 0.15) is 0 Å². The fourth-order valence-electron chi connectivity index (χ4n) is 1.67. The van der Waals surface area contributed by atoms with Gasteiger partial charge < -0.3 is 15.7 Å². The Balaban J connectivity index is 1.72. The molecule has 21 heavy (non-hydrogen) atoms. The number of carboxylic acids is 1. The van der Waals surface area contributed by atoms with Gasteiger partial charge in [0.25, 0.3) is 0 Å². The van der Waals surface area contributed by atoms with Crippen LogP contribution < -0.4 is 10.6 Å². The highest BCUT2D eigenvalue weighted by atomic mass is 32.2. The van der Waals surface area contributed by atoms with E-state index >= 15 is 0 Å². The first-order valence-corrected chi connectivity index (χ1v) is 7.66. The Labute approximate surface area is 119 Å². The molecule has 1 unspecified atom stereocenters. The van der Waals surface area contributed by atoms with Gasteiger partial charge in [0.15, 0.2) is 15.5 Å². The van der Waals surface area contributed by atoms with Gasteiger partial charge in [-0.1, -0.05) is 5.21 Å². The van der Waals surface area contributed by atoms with Crippen LogP contribution in [0.1, 0.15) is 10.5 Å². The topological polar surface area (TPSA) is 143 Å². The van der Waals surface area contributed by atoms with Crippen molar-refractivity contribution in [1.29, 1.82) is 0 Å². The van der Waals surface area contributed by atoms with E-state index in [1.165, 1.54) is 17.0 Å². The number of hydrogen-bond donors (Lipinski definition) is 3. The number of hydrogen-bond acceptors (Lipinski definition) is 6. The maximum Gasteiger partial charge on any atom is 0.358 e. The van der Waals surface area contributed by atoms with Gasteiger partial charge in [-0.3, -0.25) is 0 Å². The molecule has 0 bridgehead atoms. The minimum atomic E-state index is -3.21. The number of aromatic carboxylic acids is 1. The highest BCUT2D eigenvalue weighted by Gasteiger charge is 2.22. The molecule has 2 amide bonds. The molecule has 0 fully saturated rings. The number of carbonyl (C=O) groups excluding carboxylic acids is 1. The lowest BCUT2D eigenvalue weighted by atomic mass is 10.3. The van der Waals surface area contributed by atoms with Crippen molar-refractivity contribution in [1.82, 2.24) is 25.6 Å². The van der Waals surface area contributed by atoms with Crippen molar-refractivity contribution >= 4 is 21.8 Å². The molecular formula is C10H13N5O5S. The summed E-state index contributed by atoms with van der Waals surface area (Å²) in [5.41, 5.74) is -0.180. The lowest BCUT2D eigenvalue weighted by Gasteiger charge is -2.11. The number of sulfone groups is 1. The Morgan fingerprint density at radius 2 is 2.24 bits per heavy atom. The number of urea groups is 1. The summed E-state index contributed by atoms with van der Waals surface area (Å²) in [5.74, 6) is -1.33. The molecule has 10 nitrogen and oxygen atoms in total. The maximum absolute atomic E-state index is 11.5. The molecule has 1 atom stereocenters. The Morgan fingerprint density at radius 1 is 1.48 bits per heavy atom. The summed E-state index contributed by atoms with van der Waals surface area (Å²) in [6.45, 7) is 0.434. The average molecular weight is 315 g/mol. The molecule has 2 rings (SSSR count). The van der Waals surface area contributed by atoms with E-state index in [1.54, 1.807) is 0 Å². The minimum Gasteiger partial charge on any atom is -0.476 e. The molecule has 1 aliphatic heterocycles. The maximum atomic E-state index is 11.5. The van der Waals surface area contributed by atoms with Crippen LogP contribution in [0.4, 0.5) is 4.79 Å². The molecular weight excluding hydrogens is 302 g/mol. The van der Waals surface area contributed by atoms with E-state index in [4.69, 9.17) is 5.11 Å². The number of aromatic nitrogens is 3. The summed E-state index contributed by atoms with van der Waals surface area (Å²) in [6.07, 6.45) is 2.65. The van der Waals surface area contributed by atoms with Gasteiger partial charge in [-0.25, -0.2) is 22.7 Å². The molecule has 0 saturated carbocycles. The normalized spacial score (nSPS) is 19.3. The van der Waals surface area contributed by atoms with E-state index in [0.29, 0.717) is 0 Å². The first-order chi connectivity index (χ1) is 9.85. The van der Waals surface area contributed by atoms with E-state index in [2.05, 4.69) is 20.9 Å².